The Morgan fingerprint density at radius 2 is 2.35 bits per heavy atom. The molecular weight excluding hydrogens is 241 g/mol. The van der Waals surface area contributed by atoms with Crippen molar-refractivity contribution in [2.45, 2.75) is 32.2 Å². The lowest BCUT2D eigenvalue weighted by atomic mass is 10.0. The van der Waals surface area contributed by atoms with Crippen molar-refractivity contribution in [3.63, 3.8) is 0 Å². The summed E-state index contributed by atoms with van der Waals surface area (Å²) in [6.07, 6.45) is 2.96. The number of ether oxygens (including phenoxy) is 1. The smallest absolute Gasteiger partial charge is 0.173 e. The van der Waals surface area contributed by atoms with Crippen LogP contribution >= 0.6 is 11.6 Å². The van der Waals surface area contributed by atoms with E-state index in [-0.39, 0.29) is 11.6 Å². The number of benzene rings is 1. The molecule has 4 heteroatoms. The maximum Gasteiger partial charge on any atom is 0.173 e. The first-order valence-electron chi connectivity index (χ1n) is 5.88. The van der Waals surface area contributed by atoms with Crippen molar-refractivity contribution in [2.24, 2.45) is 0 Å². The van der Waals surface area contributed by atoms with E-state index < -0.39 is 0 Å². The molecule has 1 unspecified atom stereocenters. The van der Waals surface area contributed by atoms with Gasteiger partial charge >= 0.3 is 0 Å². The van der Waals surface area contributed by atoms with E-state index in [1.807, 2.05) is 13.0 Å². The number of hydrogen-bond acceptors (Lipinski definition) is 2. The highest BCUT2D eigenvalue weighted by Crippen LogP contribution is 2.33. The average molecular weight is 258 g/mol. The van der Waals surface area contributed by atoms with Crippen molar-refractivity contribution in [1.29, 1.82) is 0 Å². The minimum Gasteiger partial charge on any atom is -0.492 e. The zero-order valence-corrected chi connectivity index (χ0v) is 10.9. The Kier molecular flexibility index (Phi) is 3.89. The maximum atomic E-state index is 14.1. The van der Waals surface area contributed by atoms with Gasteiger partial charge in [-0.25, -0.2) is 4.39 Å². The van der Waals surface area contributed by atoms with Crippen LogP contribution in [0.2, 0.25) is 5.02 Å². The van der Waals surface area contributed by atoms with Crippen LogP contribution in [0.5, 0.6) is 5.75 Å². The van der Waals surface area contributed by atoms with Gasteiger partial charge in [0.05, 0.1) is 12.1 Å². The Balaban J connectivity index is 2.30. The topological polar surface area (TPSA) is 21.3 Å². The number of nitrogens with one attached hydrogen (secondary N) is 1. The SMILES string of the molecule is COc1c(F)c(CC2CCCN2)cc(C)c1Cl. The molecule has 1 aliphatic rings. The van der Waals surface area contributed by atoms with Gasteiger partial charge in [0.1, 0.15) is 0 Å². The summed E-state index contributed by atoms with van der Waals surface area (Å²) in [5.74, 6) is -0.156. The summed E-state index contributed by atoms with van der Waals surface area (Å²) in [7, 11) is 1.45. The summed E-state index contributed by atoms with van der Waals surface area (Å²) >= 11 is 6.01. The Morgan fingerprint density at radius 3 is 2.94 bits per heavy atom. The van der Waals surface area contributed by atoms with Gasteiger partial charge in [-0.15, -0.1) is 0 Å². The van der Waals surface area contributed by atoms with Crippen LogP contribution in [0, 0.1) is 12.7 Å². The fourth-order valence-corrected chi connectivity index (χ4v) is 2.55. The number of aryl methyl sites for hydroxylation is 1. The van der Waals surface area contributed by atoms with E-state index in [1.165, 1.54) is 7.11 Å². The van der Waals surface area contributed by atoms with Gasteiger partial charge in [0.25, 0.3) is 0 Å². The molecule has 1 aliphatic heterocycles. The number of hydrogen-bond donors (Lipinski definition) is 1. The lowest BCUT2D eigenvalue weighted by Gasteiger charge is -2.15. The van der Waals surface area contributed by atoms with Gasteiger partial charge in [0.15, 0.2) is 11.6 Å². The largest absolute Gasteiger partial charge is 0.492 e. The van der Waals surface area contributed by atoms with E-state index in [2.05, 4.69) is 5.32 Å². The molecule has 0 bridgehead atoms. The first-order chi connectivity index (χ1) is 8.13. The molecule has 1 atom stereocenters. The minimum absolute atomic E-state index is 0.166. The predicted octanol–water partition coefficient (Wildman–Crippen LogP) is 3.09. The molecule has 0 radical (unpaired) electrons. The second-order valence-corrected chi connectivity index (χ2v) is 4.89. The van der Waals surface area contributed by atoms with Crippen LogP contribution < -0.4 is 10.1 Å². The van der Waals surface area contributed by atoms with Gasteiger partial charge in [-0.05, 0) is 43.9 Å². The van der Waals surface area contributed by atoms with Crippen molar-refractivity contribution in [3.8, 4) is 5.75 Å². The van der Waals surface area contributed by atoms with Gasteiger partial charge in [-0.3, -0.25) is 0 Å². The summed E-state index contributed by atoms with van der Waals surface area (Å²) in [6, 6.07) is 2.19. The summed E-state index contributed by atoms with van der Waals surface area (Å²) in [5, 5.41) is 3.73. The van der Waals surface area contributed by atoms with Gasteiger partial charge in [-0.1, -0.05) is 17.7 Å². The van der Waals surface area contributed by atoms with Gasteiger partial charge in [-0.2, -0.15) is 0 Å². The molecule has 0 spiro atoms. The van der Waals surface area contributed by atoms with Crippen molar-refractivity contribution in [3.05, 3.63) is 28.0 Å². The fraction of sp³-hybridized carbons (Fsp3) is 0.538. The molecule has 1 fully saturated rings. The van der Waals surface area contributed by atoms with Gasteiger partial charge < -0.3 is 10.1 Å². The number of methoxy groups -OCH3 is 1. The van der Waals surface area contributed by atoms with Crippen molar-refractivity contribution in [2.75, 3.05) is 13.7 Å². The molecule has 1 aromatic rings. The standard InChI is InChI=1S/C13H17ClFNO/c1-8-6-9(7-10-4-3-5-16-10)12(15)13(17-2)11(8)14/h6,10,16H,3-5,7H2,1-2H3. The second kappa shape index (κ2) is 5.23. The van der Waals surface area contributed by atoms with Crippen LogP contribution in [-0.2, 0) is 6.42 Å². The molecular formula is C13H17ClFNO. The molecule has 1 N–H and O–H groups in total. The fourth-order valence-electron chi connectivity index (χ4n) is 2.33. The Hall–Kier alpha value is -0.800. The highest BCUT2D eigenvalue weighted by Gasteiger charge is 2.20. The third-order valence-electron chi connectivity index (χ3n) is 3.25. The normalized spacial score (nSPS) is 19.6. The van der Waals surface area contributed by atoms with E-state index >= 15 is 0 Å². The molecule has 1 saturated heterocycles. The first kappa shape index (κ1) is 12.7. The monoisotopic (exact) mass is 257 g/mol. The molecule has 2 nitrogen and oxygen atoms in total. The summed E-state index contributed by atoms with van der Waals surface area (Å²) in [6.45, 7) is 2.89. The van der Waals surface area contributed by atoms with Gasteiger partial charge in [0, 0.05) is 6.04 Å². The summed E-state index contributed by atoms with van der Waals surface area (Å²) in [4.78, 5) is 0. The minimum atomic E-state index is -0.322. The van der Waals surface area contributed by atoms with E-state index in [4.69, 9.17) is 16.3 Å². The van der Waals surface area contributed by atoms with Crippen molar-refractivity contribution >= 4 is 11.6 Å². The molecule has 94 valence electrons. The van der Waals surface area contributed by atoms with Crippen LogP contribution in [0.3, 0.4) is 0 Å². The lowest BCUT2D eigenvalue weighted by molar-refractivity contribution is 0.383. The van der Waals surface area contributed by atoms with Crippen molar-refractivity contribution in [1.82, 2.24) is 5.32 Å². The van der Waals surface area contributed by atoms with Crippen LogP contribution in [0.1, 0.15) is 24.0 Å². The Bertz CT molecular complexity index is 416. The summed E-state index contributed by atoms with van der Waals surface area (Å²) < 4.78 is 19.2. The van der Waals surface area contributed by atoms with E-state index in [0.717, 1.165) is 24.9 Å². The lowest BCUT2D eigenvalue weighted by Crippen LogP contribution is -2.24. The molecule has 1 aromatic carbocycles. The highest BCUT2D eigenvalue weighted by atomic mass is 35.5. The van der Waals surface area contributed by atoms with E-state index in [0.29, 0.717) is 23.0 Å². The molecule has 0 aliphatic carbocycles. The molecule has 2 rings (SSSR count). The summed E-state index contributed by atoms with van der Waals surface area (Å²) in [5.41, 5.74) is 1.54. The van der Waals surface area contributed by atoms with Crippen LogP contribution in [-0.4, -0.2) is 19.7 Å². The number of rotatable bonds is 3. The third kappa shape index (κ3) is 2.55. The molecule has 0 aromatic heterocycles. The zero-order chi connectivity index (χ0) is 12.4. The van der Waals surface area contributed by atoms with Gasteiger partial charge in [0.2, 0.25) is 0 Å². The molecule has 17 heavy (non-hydrogen) atoms. The van der Waals surface area contributed by atoms with Crippen LogP contribution in [0.4, 0.5) is 4.39 Å². The van der Waals surface area contributed by atoms with E-state index in [9.17, 15) is 4.39 Å². The van der Waals surface area contributed by atoms with Crippen molar-refractivity contribution < 1.29 is 9.13 Å². The van der Waals surface area contributed by atoms with Crippen LogP contribution in [0.15, 0.2) is 6.07 Å². The Morgan fingerprint density at radius 1 is 1.59 bits per heavy atom. The number of halogens is 2. The Labute approximate surface area is 106 Å². The van der Waals surface area contributed by atoms with Crippen LogP contribution in [0.25, 0.3) is 0 Å². The zero-order valence-electron chi connectivity index (χ0n) is 10.1. The quantitative estimate of drug-likeness (QED) is 0.899. The van der Waals surface area contributed by atoms with E-state index in [1.54, 1.807) is 0 Å². The first-order valence-corrected chi connectivity index (χ1v) is 6.26. The molecule has 0 amide bonds. The third-order valence-corrected chi connectivity index (χ3v) is 3.72. The second-order valence-electron chi connectivity index (χ2n) is 4.51. The molecule has 1 heterocycles. The average Bonchev–Trinajstić information content (AvgIpc) is 2.79. The maximum absolute atomic E-state index is 14.1. The highest BCUT2D eigenvalue weighted by molar-refractivity contribution is 6.32. The molecule has 0 saturated carbocycles. The predicted molar refractivity (Wildman–Crippen MR) is 67.4 cm³/mol.